The Bertz CT molecular complexity index is 102. The van der Waals surface area contributed by atoms with E-state index in [9.17, 15) is 0 Å². The number of nitrogens with zero attached hydrogens (tertiary/aromatic N) is 1. The maximum Gasteiger partial charge on any atom is 0.0679 e. The summed E-state index contributed by atoms with van der Waals surface area (Å²) in [6.45, 7) is 2.93. The normalized spacial score (nSPS) is 25.1. The molecule has 0 radical (unpaired) electrons. The summed E-state index contributed by atoms with van der Waals surface area (Å²) in [7, 11) is 0. The van der Waals surface area contributed by atoms with Gasteiger partial charge < -0.3 is 10.0 Å². The maximum atomic E-state index is 9.12. The van der Waals surface area contributed by atoms with Crippen LogP contribution in [0, 0.1) is 0 Å². The van der Waals surface area contributed by atoms with Crippen molar-refractivity contribution in [2.75, 3.05) is 25.5 Å². The van der Waals surface area contributed by atoms with Crippen LogP contribution >= 0.6 is 24.0 Å². The number of aliphatic hydroxyl groups excluding tert-OH is 1. The minimum Gasteiger partial charge on any atom is -0.392 e. The van der Waals surface area contributed by atoms with Crippen LogP contribution in [-0.2, 0) is 0 Å². The minimum atomic E-state index is -0.0877. The van der Waals surface area contributed by atoms with Crippen molar-refractivity contribution in [1.82, 2.24) is 4.90 Å². The van der Waals surface area contributed by atoms with Gasteiger partial charge in [0.25, 0.3) is 0 Å². The van der Waals surface area contributed by atoms with Gasteiger partial charge in [-0.1, -0.05) is 0 Å². The molecule has 2 nitrogen and oxygen atoms in total. The van der Waals surface area contributed by atoms with E-state index in [1.54, 1.807) is 0 Å². The molecule has 0 aliphatic carbocycles. The Morgan fingerprint density at radius 3 is 2.73 bits per heavy atom. The summed E-state index contributed by atoms with van der Waals surface area (Å²) in [6, 6.07) is 0. The zero-order valence-electron chi connectivity index (χ0n) is 6.50. The van der Waals surface area contributed by atoms with E-state index in [0.29, 0.717) is 0 Å². The Hall–Kier alpha value is 0.500. The Morgan fingerprint density at radius 1 is 1.55 bits per heavy atom. The van der Waals surface area contributed by atoms with Crippen LogP contribution in [0.3, 0.4) is 0 Å². The molecule has 1 fully saturated rings. The van der Waals surface area contributed by atoms with Gasteiger partial charge >= 0.3 is 0 Å². The van der Waals surface area contributed by atoms with E-state index in [1.807, 2.05) is 0 Å². The molecule has 1 saturated heterocycles. The van der Waals surface area contributed by atoms with Gasteiger partial charge in [0, 0.05) is 19.0 Å². The van der Waals surface area contributed by atoms with Crippen LogP contribution in [0.25, 0.3) is 0 Å². The van der Waals surface area contributed by atoms with Gasteiger partial charge in [-0.2, -0.15) is 0 Å². The summed E-state index contributed by atoms with van der Waals surface area (Å²) < 4.78 is 0. The van der Waals surface area contributed by atoms with Crippen LogP contribution in [-0.4, -0.2) is 41.6 Å². The molecule has 68 valence electrons. The first-order valence-corrected chi connectivity index (χ1v) is 4.33. The number of hydrogen-bond acceptors (Lipinski definition) is 2. The van der Waals surface area contributed by atoms with E-state index in [0.717, 1.165) is 38.4 Å². The molecular weight excluding hydrogens is 185 g/mol. The quantitative estimate of drug-likeness (QED) is 0.689. The fourth-order valence-electron chi connectivity index (χ4n) is 1.30. The van der Waals surface area contributed by atoms with Gasteiger partial charge in [0.15, 0.2) is 0 Å². The van der Waals surface area contributed by atoms with Gasteiger partial charge in [-0.3, -0.25) is 0 Å². The molecule has 0 aromatic heterocycles. The third kappa shape index (κ3) is 4.16. The molecule has 11 heavy (non-hydrogen) atoms. The van der Waals surface area contributed by atoms with Crippen LogP contribution in [0.4, 0.5) is 0 Å². The predicted octanol–water partition coefficient (Wildman–Crippen LogP) is 1.10. The SMILES string of the molecule is Cl.OC1CCN(CCCCl)C1. The average Bonchev–Trinajstić information content (AvgIpc) is 2.31. The van der Waals surface area contributed by atoms with Crippen molar-refractivity contribution in [2.24, 2.45) is 0 Å². The number of likely N-dealkylation sites (tertiary alicyclic amines) is 1. The Morgan fingerprint density at radius 2 is 2.27 bits per heavy atom. The largest absolute Gasteiger partial charge is 0.392 e. The van der Waals surface area contributed by atoms with Gasteiger partial charge in [0.1, 0.15) is 0 Å². The first-order valence-electron chi connectivity index (χ1n) is 3.79. The first kappa shape index (κ1) is 11.5. The molecule has 1 heterocycles. The highest BCUT2D eigenvalue weighted by atomic mass is 35.5. The first-order chi connectivity index (χ1) is 4.83. The number of halogens is 2. The molecule has 1 aliphatic heterocycles. The van der Waals surface area contributed by atoms with Crippen molar-refractivity contribution >= 4 is 24.0 Å². The third-order valence-corrected chi connectivity index (χ3v) is 2.12. The zero-order valence-corrected chi connectivity index (χ0v) is 8.07. The molecule has 1 rings (SSSR count). The molecule has 1 unspecified atom stereocenters. The molecular formula is C7H15Cl2NO. The van der Waals surface area contributed by atoms with E-state index in [-0.39, 0.29) is 18.5 Å². The van der Waals surface area contributed by atoms with E-state index in [2.05, 4.69) is 4.90 Å². The summed E-state index contributed by atoms with van der Waals surface area (Å²) in [5, 5.41) is 9.12. The van der Waals surface area contributed by atoms with Crippen molar-refractivity contribution in [3.8, 4) is 0 Å². The van der Waals surface area contributed by atoms with Crippen LogP contribution in [0.5, 0.6) is 0 Å². The fraction of sp³-hybridized carbons (Fsp3) is 1.00. The van der Waals surface area contributed by atoms with Crippen LogP contribution in [0.2, 0.25) is 0 Å². The molecule has 0 spiro atoms. The lowest BCUT2D eigenvalue weighted by Crippen LogP contribution is -2.23. The number of rotatable bonds is 3. The average molecular weight is 200 g/mol. The van der Waals surface area contributed by atoms with Gasteiger partial charge in [0.05, 0.1) is 6.10 Å². The van der Waals surface area contributed by atoms with Gasteiger partial charge in [-0.15, -0.1) is 24.0 Å². The van der Waals surface area contributed by atoms with Crippen molar-refractivity contribution in [1.29, 1.82) is 0 Å². The third-order valence-electron chi connectivity index (χ3n) is 1.86. The van der Waals surface area contributed by atoms with Gasteiger partial charge in [-0.25, -0.2) is 0 Å². The molecule has 4 heteroatoms. The highest BCUT2D eigenvalue weighted by Gasteiger charge is 2.18. The van der Waals surface area contributed by atoms with Gasteiger partial charge in [0.2, 0.25) is 0 Å². The van der Waals surface area contributed by atoms with Crippen LogP contribution in [0.1, 0.15) is 12.8 Å². The summed E-state index contributed by atoms with van der Waals surface area (Å²) in [4.78, 5) is 2.26. The van der Waals surface area contributed by atoms with E-state index in [1.165, 1.54) is 0 Å². The monoisotopic (exact) mass is 199 g/mol. The molecule has 1 atom stereocenters. The van der Waals surface area contributed by atoms with Crippen LogP contribution in [0.15, 0.2) is 0 Å². The number of β-amino-alcohol motifs (C(OH)–C–C–N with tert-alkyl or cyclic N) is 1. The number of aliphatic hydroxyl groups is 1. The predicted molar refractivity (Wildman–Crippen MR) is 49.6 cm³/mol. The Kier molecular flexibility index (Phi) is 6.34. The Balaban J connectivity index is 0.000001000. The summed E-state index contributed by atoms with van der Waals surface area (Å²) >= 11 is 5.53. The minimum absolute atomic E-state index is 0. The van der Waals surface area contributed by atoms with Crippen molar-refractivity contribution in [3.63, 3.8) is 0 Å². The second-order valence-corrected chi connectivity index (χ2v) is 3.16. The molecule has 0 aromatic rings. The molecule has 0 amide bonds. The summed E-state index contributed by atoms with van der Waals surface area (Å²) in [5.74, 6) is 0.729. The summed E-state index contributed by atoms with van der Waals surface area (Å²) in [5.41, 5.74) is 0. The lowest BCUT2D eigenvalue weighted by molar-refractivity contribution is 0.176. The van der Waals surface area contributed by atoms with E-state index < -0.39 is 0 Å². The highest BCUT2D eigenvalue weighted by Crippen LogP contribution is 2.08. The van der Waals surface area contributed by atoms with Gasteiger partial charge in [-0.05, 0) is 19.4 Å². The van der Waals surface area contributed by atoms with Crippen molar-refractivity contribution < 1.29 is 5.11 Å². The maximum absolute atomic E-state index is 9.12. The highest BCUT2D eigenvalue weighted by molar-refractivity contribution is 6.17. The molecule has 0 bridgehead atoms. The molecule has 0 aromatic carbocycles. The van der Waals surface area contributed by atoms with Crippen molar-refractivity contribution in [3.05, 3.63) is 0 Å². The lowest BCUT2D eigenvalue weighted by atomic mass is 10.3. The topological polar surface area (TPSA) is 23.5 Å². The molecule has 0 saturated carbocycles. The second-order valence-electron chi connectivity index (χ2n) is 2.79. The van der Waals surface area contributed by atoms with E-state index >= 15 is 0 Å². The number of alkyl halides is 1. The Labute approximate surface area is 78.9 Å². The standard InChI is InChI=1S/C7H14ClNO.ClH/c8-3-1-4-9-5-2-7(10)6-9;/h7,10H,1-6H2;1H. The fourth-order valence-corrected chi connectivity index (χ4v) is 1.42. The van der Waals surface area contributed by atoms with Crippen LogP contribution < -0.4 is 0 Å². The summed E-state index contributed by atoms with van der Waals surface area (Å²) in [6.07, 6.45) is 1.88. The number of hydrogen-bond donors (Lipinski definition) is 1. The zero-order chi connectivity index (χ0) is 7.40. The van der Waals surface area contributed by atoms with E-state index in [4.69, 9.17) is 16.7 Å². The van der Waals surface area contributed by atoms with Crippen molar-refractivity contribution in [2.45, 2.75) is 18.9 Å². The molecule has 1 aliphatic rings. The second kappa shape index (κ2) is 6.06. The smallest absolute Gasteiger partial charge is 0.0679 e. The lowest BCUT2D eigenvalue weighted by Gasteiger charge is -2.12. The molecule has 1 N–H and O–H groups in total.